The van der Waals surface area contributed by atoms with Crippen LogP contribution in [0.1, 0.15) is 34.1 Å². The first kappa shape index (κ1) is 30.7. The summed E-state index contributed by atoms with van der Waals surface area (Å²) in [4.78, 5) is 21.6. The summed E-state index contributed by atoms with van der Waals surface area (Å²) >= 11 is 1.34. The van der Waals surface area contributed by atoms with E-state index >= 15 is 4.39 Å². The van der Waals surface area contributed by atoms with Gasteiger partial charge in [0.05, 0.1) is 17.9 Å². The first-order chi connectivity index (χ1) is 20.9. The zero-order valence-electron chi connectivity index (χ0n) is 24.2. The van der Waals surface area contributed by atoms with Crippen molar-refractivity contribution in [2.24, 2.45) is 4.99 Å². The molecule has 0 aliphatic carbocycles. The summed E-state index contributed by atoms with van der Waals surface area (Å²) in [6.07, 6.45) is -4.84. The van der Waals surface area contributed by atoms with Gasteiger partial charge >= 0.3 is 12.4 Å². The molecule has 44 heavy (non-hydrogen) atoms. The minimum absolute atomic E-state index is 0.268. The van der Waals surface area contributed by atoms with E-state index < -0.39 is 18.6 Å². The van der Waals surface area contributed by atoms with Gasteiger partial charge in [-0.05, 0) is 68.7 Å². The Morgan fingerprint density at radius 2 is 1.68 bits per heavy atom. The Balaban J connectivity index is 1.23. The van der Waals surface area contributed by atoms with E-state index in [0.29, 0.717) is 27.4 Å². The van der Waals surface area contributed by atoms with Gasteiger partial charge in [0.15, 0.2) is 10.6 Å². The Hall–Kier alpha value is -4.78. The molecule has 1 N–H and O–H groups in total. The van der Waals surface area contributed by atoms with E-state index in [1.165, 1.54) is 46.6 Å². The second-order valence-corrected chi connectivity index (χ2v) is 11.0. The fourth-order valence-corrected chi connectivity index (χ4v) is 5.71. The third kappa shape index (κ3) is 7.05. The molecule has 2 heterocycles. The molecule has 2 aromatic heterocycles. The first-order valence-electron chi connectivity index (χ1n) is 13.5. The summed E-state index contributed by atoms with van der Waals surface area (Å²) in [6.45, 7) is 7.74. The average Bonchev–Trinajstić information content (AvgIpc) is 3.59. The van der Waals surface area contributed by atoms with Gasteiger partial charge in [-0.15, -0.1) is 29.6 Å². The molecule has 0 fully saturated rings. The molecule has 0 saturated heterocycles. The van der Waals surface area contributed by atoms with Crippen LogP contribution in [0, 0.1) is 27.7 Å². The first-order valence-corrected chi connectivity index (χ1v) is 14.4. The topological polar surface area (TPSA) is 86.3 Å². The van der Waals surface area contributed by atoms with Crippen molar-refractivity contribution in [3.8, 4) is 28.5 Å². The highest BCUT2D eigenvalue weighted by Crippen LogP contribution is 2.25. The Bertz CT molecular complexity index is 1830. The van der Waals surface area contributed by atoms with Crippen LogP contribution >= 0.6 is 11.3 Å². The van der Waals surface area contributed by atoms with Crippen molar-refractivity contribution in [3.05, 3.63) is 105 Å². The highest BCUT2D eigenvalue weighted by molar-refractivity contribution is 7.07. The number of nitrogens with zero attached hydrogens (tertiary/aromatic N) is 5. The molecule has 228 valence electrons. The molecule has 5 rings (SSSR count). The van der Waals surface area contributed by atoms with Gasteiger partial charge in [0.25, 0.3) is 0 Å². The second kappa shape index (κ2) is 12.4. The highest BCUT2D eigenvalue weighted by Gasteiger charge is 2.31. The Morgan fingerprint density at radius 1 is 1.02 bits per heavy atom. The van der Waals surface area contributed by atoms with Crippen LogP contribution in [0.5, 0.6) is 5.75 Å². The van der Waals surface area contributed by atoms with Gasteiger partial charge < -0.3 is 10.1 Å². The van der Waals surface area contributed by atoms with Crippen LogP contribution in [0.15, 0.2) is 77.4 Å². The molecule has 2 amide bonds. The third-order valence-corrected chi connectivity index (χ3v) is 7.67. The molecule has 1 atom stereocenters. The molecule has 0 bridgehead atoms. The molecule has 1 unspecified atom stereocenters. The number of hydrogen-bond acceptors (Lipinski definition) is 5. The number of urea groups is 1. The van der Waals surface area contributed by atoms with E-state index in [1.54, 1.807) is 24.3 Å². The van der Waals surface area contributed by atoms with Crippen molar-refractivity contribution in [1.29, 1.82) is 0 Å². The number of aryl methyl sites for hydroxylation is 4. The van der Waals surface area contributed by atoms with Crippen molar-refractivity contribution >= 4 is 17.4 Å². The number of hydrogen-bond donors (Lipinski definition) is 1. The van der Waals surface area contributed by atoms with Gasteiger partial charge in [-0.25, -0.2) is 18.9 Å². The van der Waals surface area contributed by atoms with Crippen LogP contribution in [-0.2, 0) is 0 Å². The zero-order chi connectivity index (χ0) is 31.6. The predicted molar refractivity (Wildman–Crippen MR) is 159 cm³/mol. The van der Waals surface area contributed by atoms with Gasteiger partial charge in [-0.2, -0.15) is 4.99 Å². The number of carbonyl (C=O) groups excluding carboxylic acids is 1. The lowest BCUT2D eigenvalue weighted by atomic mass is 10.0. The van der Waals surface area contributed by atoms with Crippen LogP contribution in [0.25, 0.3) is 22.8 Å². The number of benzene rings is 3. The van der Waals surface area contributed by atoms with Gasteiger partial charge in [0, 0.05) is 16.6 Å². The summed E-state index contributed by atoms with van der Waals surface area (Å²) < 4.78 is 59.5. The maximum atomic E-state index is 15.0. The minimum Gasteiger partial charge on any atom is -0.406 e. The number of alkyl halides is 4. The molecular weight excluding hydrogens is 596 g/mol. The summed E-state index contributed by atoms with van der Waals surface area (Å²) in [5.74, 6) is -0.00577. The van der Waals surface area contributed by atoms with E-state index in [1.807, 2.05) is 37.6 Å². The number of halogens is 4. The Morgan fingerprint density at radius 3 is 2.32 bits per heavy atom. The van der Waals surface area contributed by atoms with Crippen LogP contribution in [0.3, 0.4) is 0 Å². The second-order valence-electron chi connectivity index (χ2n) is 10.2. The van der Waals surface area contributed by atoms with Gasteiger partial charge in [0.2, 0.25) is 0 Å². The van der Waals surface area contributed by atoms with Crippen LogP contribution in [0.2, 0.25) is 0 Å². The van der Waals surface area contributed by atoms with Crippen molar-refractivity contribution in [1.82, 2.24) is 24.6 Å². The number of ether oxygens (including phenoxy) is 1. The number of rotatable bonds is 7. The molecule has 0 aliphatic rings. The molecule has 0 saturated carbocycles. The molecule has 0 spiro atoms. The average molecular weight is 625 g/mol. The normalized spacial score (nSPS) is 12.8. The van der Waals surface area contributed by atoms with Gasteiger partial charge in [0.1, 0.15) is 18.2 Å². The lowest BCUT2D eigenvalue weighted by Gasteiger charge is -2.14. The number of nitrogens with one attached hydrogen (secondary N) is 1. The summed E-state index contributed by atoms with van der Waals surface area (Å²) in [5.41, 5.74) is 6.62. The lowest BCUT2D eigenvalue weighted by Crippen LogP contribution is -2.27. The van der Waals surface area contributed by atoms with E-state index in [4.69, 9.17) is 0 Å². The predicted octanol–water partition coefficient (Wildman–Crippen LogP) is 7.24. The molecule has 3 aromatic carbocycles. The number of carbonyl (C=O) groups is 1. The fourth-order valence-electron chi connectivity index (χ4n) is 4.85. The molecule has 5 aromatic rings. The van der Waals surface area contributed by atoms with Crippen LogP contribution < -0.4 is 14.9 Å². The van der Waals surface area contributed by atoms with Gasteiger partial charge in [-0.1, -0.05) is 42.0 Å². The smallest absolute Gasteiger partial charge is 0.406 e. The SMILES string of the molecule is Cc1cc(C)c(-n2c(C)csc2=NC(=O)NCC(F)c2ccc(-c3ncn(-c4ccc(OC(F)(F)F)cc4)n3)cc2)c(C)c1. The summed E-state index contributed by atoms with van der Waals surface area (Å²) in [6, 6.07) is 15.2. The molecular formula is C31H28F4N6O2S. The molecule has 8 nitrogen and oxygen atoms in total. The maximum Gasteiger partial charge on any atom is 0.573 e. The summed E-state index contributed by atoms with van der Waals surface area (Å²) in [5, 5.41) is 8.83. The van der Waals surface area contributed by atoms with E-state index in [9.17, 15) is 18.0 Å². The Kier molecular flexibility index (Phi) is 8.68. The number of thiazole rings is 1. The number of aromatic nitrogens is 4. The van der Waals surface area contributed by atoms with Crippen molar-refractivity contribution in [2.75, 3.05) is 6.54 Å². The monoisotopic (exact) mass is 624 g/mol. The van der Waals surface area contributed by atoms with Crippen molar-refractivity contribution in [2.45, 2.75) is 40.2 Å². The lowest BCUT2D eigenvalue weighted by molar-refractivity contribution is -0.274. The van der Waals surface area contributed by atoms with Crippen molar-refractivity contribution in [3.63, 3.8) is 0 Å². The quantitative estimate of drug-likeness (QED) is 0.194. The maximum absolute atomic E-state index is 15.0. The van der Waals surface area contributed by atoms with Crippen LogP contribution in [0.4, 0.5) is 22.4 Å². The highest BCUT2D eigenvalue weighted by atomic mass is 32.1. The standard InChI is InChI=1S/C31H28F4N6O2S/c1-18-13-19(2)27(20(3)14-18)41-21(4)16-44-30(41)38-29(42)36-15-26(32)22-5-7-23(8-6-22)28-37-17-40(39-28)24-9-11-25(12-10-24)43-31(33,34)35/h5-14,16-17,26H,15H2,1-4H3,(H,36,42). The molecule has 0 aliphatic heterocycles. The minimum atomic E-state index is -4.78. The van der Waals surface area contributed by atoms with Gasteiger partial charge in [-0.3, -0.25) is 4.57 Å². The van der Waals surface area contributed by atoms with E-state index in [0.717, 1.165) is 28.1 Å². The van der Waals surface area contributed by atoms with Crippen molar-refractivity contribution < 1.29 is 27.1 Å². The van der Waals surface area contributed by atoms with E-state index in [-0.39, 0.29) is 12.3 Å². The zero-order valence-corrected chi connectivity index (χ0v) is 25.0. The molecule has 0 radical (unpaired) electrons. The van der Waals surface area contributed by atoms with E-state index in [2.05, 4.69) is 37.3 Å². The summed E-state index contributed by atoms with van der Waals surface area (Å²) in [7, 11) is 0. The third-order valence-electron chi connectivity index (χ3n) is 6.72. The fraction of sp³-hybridized carbons (Fsp3) is 0.226. The molecule has 13 heteroatoms. The Labute approximate surface area is 254 Å². The van der Waals surface area contributed by atoms with Crippen LogP contribution in [-0.4, -0.2) is 38.3 Å². The largest absolute Gasteiger partial charge is 0.573 e. The number of amides is 2.